The van der Waals surface area contributed by atoms with Gasteiger partial charge in [0.1, 0.15) is 12.4 Å². The van der Waals surface area contributed by atoms with Crippen molar-refractivity contribution in [1.29, 1.82) is 0 Å². The zero-order valence-electron chi connectivity index (χ0n) is 16.9. The van der Waals surface area contributed by atoms with Crippen LogP contribution in [0.3, 0.4) is 0 Å². The van der Waals surface area contributed by atoms with Gasteiger partial charge in [-0.2, -0.15) is 0 Å². The average molecular weight is 409 g/mol. The van der Waals surface area contributed by atoms with Crippen molar-refractivity contribution >= 4 is 23.3 Å². The van der Waals surface area contributed by atoms with E-state index in [0.717, 1.165) is 39.8 Å². The van der Waals surface area contributed by atoms with Crippen molar-refractivity contribution in [1.82, 2.24) is 10.3 Å². The summed E-state index contributed by atoms with van der Waals surface area (Å²) in [5.74, 6) is 3.28. The number of amides is 1. The number of aryl methyl sites for hydroxylation is 1. The van der Waals surface area contributed by atoms with Gasteiger partial charge in [-0.15, -0.1) is 11.3 Å². The molecule has 6 rings (SSSR count). The molecule has 2 aromatic rings. The second kappa shape index (κ2) is 7.60. The predicted molar refractivity (Wildman–Crippen MR) is 116 cm³/mol. The van der Waals surface area contributed by atoms with Gasteiger partial charge in [0.05, 0.1) is 10.7 Å². The second-order valence-electron chi connectivity index (χ2n) is 9.20. The van der Waals surface area contributed by atoms with Crippen LogP contribution in [0.5, 0.6) is 5.75 Å². The maximum Gasteiger partial charge on any atom is 0.244 e. The number of benzene rings is 1. The van der Waals surface area contributed by atoms with Gasteiger partial charge in [-0.1, -0.05) is 18.2 Å². The number of aromatic nitrogens is 1. The van der Waals surface area contributed by atoms with Crippen LogP contribution in [-0.4, -0.2) is 16.4 Å². The van der Waals surface area contributed by atoms with Crippen LogP contribution < -0.4 is 10.1 Å². The van der Waals surface area contributed by atoms with Crippen molar-refractivity contribution < 1.29 is 9.53 Å². The van der Waals surface area contributed by atoms with E-state index in [1.54, 1.807) is 17.4 Å². The normalized spacial score (nSPS) is 30.0. The lowest BCUT2D eigenvalue weighted by Gasteiger charge is -2.56. The van der Waals surface area contributed by atoms with E-state index >= 15 is 0 Å². The van der Waals surface area contributed by atoms with Crippen LogP contribution in [0.25, 0.3) is 6.08 Å². The van der Waals surface area contributed by atoms with Crippen LogP contribution in [0, 0.1) is 24.7 Å². The number of carbonyl (C=O) groups is 1. The van der Waals surface area contributed by atoms with Crippen LogP contribution >= 0.6 is 11.3 Å². The average Bonchev–Trinajstić information content (AvgIpc) is 3.09. The molecule has 0 saturated heterocycles. The van der Waals surface area contributed by atoms with Crippen LogP contribution in [-0.2, 0) is 11.4 Å². The van der Waals surface area contributed by atoms with Crippen molar-refractivity contribution in [3.8, 4) is 5.75 Å². The van der Waals surface area contributed by atoms with E-state index in [2.05, 4.69) is 10.3 Å². The number of thiazole rings is 1. The first-order chi connectivity index (χ1) is 14.1. The van der Waals surface area contributed by atoms with Crippen molar-refractivity contribution in [3.05, 3.63) is 52.0 Å². The number of nitrogens with zero attached hydrogens (tertiary/aromatic N) is 1. The van der Waals surface area contributed by atoms with Gasteiger partial charge in [0.2, 0.25) is 5.91 Å². The maximum atomic E-state index is 12.7. The minimum absolute atomic E-state index is 0.0249. The summed E-state index contributed by atoms with van der Waals surface area (Å²) in [5.41, 5.74) is 1.90. The fraction of sp³-hybridized carbons (Fsp3) is 0.500. The molecule has 29 heavy (non-hydrogen) atoms. The van der Waals surface area contributed by atoms with Crippen molar-refractivity contribution in [3.63, 3.8) is 0 Å². The summed E-state index contributed by atoms with van der Waals surface area (Å²) in [6.07, 6.45) is 11.2. The third-order valence-corrected chi connectivity index (χ3v) is 7.62. The van der Waals surface area contributed by atoms with Gasteiger partial charge in [0.15, 0.2) is 0 Å². The second-order valence-corrected chi connectivity index (χ2v) is 10.3. The molecule has 0 aliphatic heterocycles. The fourth-order valence-electron chi connectivity index (χ4n) is 6.11. The van der Waals surface area contributed by atoms with Gasteiger partial charge in [-0.25, -0.2) is 4.98 Å². The first kappa shape index (κ1) is 18.9. The number of hydrogen-bond donors (Lipinski definition) is 1. The Kier molecular flexibility index (Phi) is 4.94. The maximum absolute atomic E-state index is 12.7. The lowest BCUT2D eigenvalue weighted by Crippen LogP contribution is -2.59. The first-order valence-electron chi connectivity index (χ1n) is 10.7. The Morgan fingerprint density at radius 2 is 1.90 bits per heavy atom. The first-order valence-corrected chi connectivity index (χ1v) is 11.6. The summed E-state index contributed by atoms with van der Waals surface area (Å²) in [6, 6.07) is 7.84. The van der Waals surface area contributed by atoms with E-state index in [9.17, 15) is 4.79 Å². The van der Waals surface area contributed by atoms with E-state index < -0.39 is 0 Å². The molecule has 4 aliphatic carbocycles. The summed E-state index contributed by atoms with van der Waals surface area (Å²) in [5, 5.41) is 6.46. The Morgan fingerprint density at radius 3 is 2.55 bits per heavy atom. The van der Waals surface area contributed by atoms with Gasteiger partial charge in [0, 0.05) is 22.6 Å². The zero-order chi connectivity index (χ0) is 19.8. The number of nitrogens with one attached hydrogen (secondary N) is 1. The molecule has 4 aliphatic rings. The molecule has 4 bridgehead atoms. The molecular formula is C24H28N2O2S. The summed E-state index contributed by atoms with van der Waals surface area (Å²) < 4.78 is 5.96. The standard InChI is InChI=1S/C24H28N2O2S/c1-16-25-21(15-29-16)14-28-22-5-3-2-4-20(22)6-7-23(27)26-24-11-17-8-18(12-24)10-19(9-17)13-24/h2-7,15,17-19H,8-14H2,1H3,(H,26,27)/b7-6+. The molecule has 4 saturated carbocycles. The van der Waals surface area contributed by atoms with Gasteiger partial charge < -0.3 is 10.1 Å². The highest BCUT2D eigenvalue weighted by Gasteiger charge is 2.51. The van der Waals surface area contributed by atoms with Crippen molar-refractivity contribution in [2.75, 3.05) is 0 Å². The molecule has 1 aromatic heterocycles. The largest absolute Gasteiger partial charge is 0.487 e. The van der Waals surface area contributed by atoms with Crippen LogP contribution in [0.15, 0.2) is 35.7 Å². The monoisotopic (exact) mass is 408 g/mol. The Balaban J connectivity index is 1.24. The Bertz CT molecular complexity index is 897. The minimum Gasteiger partial charge on any atom is -0.487 e. The Morgan fingerprint density at radius 1 is 1.21 bits per heavy atom. The molecule has 0 unspecified atom stereocenters. The predicted octanol–water partition coefficient (Wildman–Crippen LogP) is 5.13. The Hall–Kier alpha value is -2.14. The number of para-hydroxylation sites is 1. The van der Waals surface area contributed by atoms with Gasteiger partial charge in [-0.3, -0.25) is 4.79 Å². The lowest BCUT2D eigenvalue weighted by molar-refractivity contribution is -0.122. The molecule has 4 nitrogen and oxygen atoms in total. The minimum atomic E-state index is 0.0249. The van der Waals surface area contributed by atoms with Gasteiger partial charge in [-0.05, 0) is 75.3 Å². The molecular weight excluding hydrogens is 380 g/mol. The van der Waals surface area contributed by atoms with Crippen LogP contribution in [0.1, 0.15) is 54.8 Å². The van der Waals surface area contributed by atoms with Gasteiger partial charge >= 0.3 is 0 Å². The molecule has 1 N–H and O–H groups in total. The lowest BCUT2D eigenvalue weighted by atomic mass is 9.53. The fourth-order valence-corrected chi connectivity index (χ4v) is 6.71. The molecule has 0 atom stereocenters. The summed E-state index contributed by atoms with van der Waals surface area (Å²) in [7, 11) is 0. The van der Waals surface area contributed by atoms with E-state index in [-0.39, 0.29) is 11.4 Å². The summed E-state index contributed by atoms with van der Waals surface area (Å²) in [4.78, 5) is 17.2. The SMILES string of the molecule is Cc1nc(COc2ccccc2/C=C/C(=O)NC23CC4CC(CC(C4)C2)C3)cs1. The molecule has 0 radical (unpaired) electrons. The number of ether oxygens (including phenoxy) is 1. The summed E-state index contributed by atoms with van der Waals surface area (Å²) >= 11 is 1.63. The van der Waals surface area contributed by atoms with E-state index in [0.29, 0.717) is 6.61 Å². The molecule has 5 heteroatoms. The molecule has 152 valence electrons. The van der Waals surface area contributed by atoms with Gasteiger partial charge in [0.25, 0.3) is 0 Å². The third-order valence-electron chi connectivity index (χ3n) is 6.80. The van der Waals surface area contributed by atoms with E-state index in [4.69, 9.17) is 4.74 Å². The smallest absolute Gasteiger partial charge is 0.244 e. The molecule has 0 spiro atoms. The molecule has 1 aromatic carbocycles. The quantitative estimate of drug-likeness (QED) is 0.674. The number of carbonyl (C=O) groups excluding carboxylic acids is 1. The molecule has 1 amide bonds. The molecule has 1 heterocycles. The van der Waals surface area contributed by atoms with Crippen LogP contribution in [0.2, 0.25) is 0 Å². The number of hydrogen-bond acceptors (Lipinski definition) is 4. The third kappa shape index (κ3) is 4.11. The van der Waals surface area contributed by atoms with E-state index in [1.807, 2.05) is 42.6 Å². The Labute approximate surface area is 176 Å². The highest BCUT2D eigenvalue weighted by Crippen LogP contribution is 2.55. The molecule has 4 fully saturated rings. The van der Waals surface area contributed by atoms with E-state index in [1.165, 1.54) is 38.5 Å². The number of rotatable bonds is 6. The zero-order valence-corrected chi connectivity index (χ0v) is 17.7. The highest BCUT2D eigenvalue weighted by atomic mass is 32.1. The topological polar surface area (TPSA) is 51.2 Å². The van der Waals surface area contributed by atoms with Crippen molar-refractivity contribution in [2.45, 2.75) is 57.6 Å². The highest BCUT2D eigenvalue weighted by molar-refractivity contribution is 7.09. The van der Waals surface area contributed by atoms with Crippen LogP contribution in [0.4, 0.5) is 0 Å². The van der Waals surface area contributed by atoms with Crippen molar-refractivity contribution in [2.24, 2.45) is 17.8 Å². The summed E-state index contributed by atoms with van der Waals surface area (Å²) in [6.45, 7) is 2.43.